The molecule has 0 bridgehead atoms. The molecule has 1 N–H and O–H groups in total. The summed E-state index contributed by atoms with van der Waals surface area (Å²) in [5.74, 6) is 0.635. The van der Waals surface area contributed by atoms with Gasteiger partial charge in [0, 0.05) is 25.3 Å². The molecule has 3 heterocycles. The molecule has 0 aliphatic carbocycles. The average Bonchev–Trinajstić information content (AvgIpc) is 2.90. The van der Waals surface area contributed by atoms with Crippen LogP contribution in [-0.4, -0.2) is 51.3 Å². The zero-order valence-electron chi connectivity index (χ0n) is 12.0. The highest BCUT2D eigenvalue weighted by molar-refractivity contribution is 5.67. The van der Waals surface area contributed by atoms with E-state index >= 15 is 0 Å². The van der Waals surface area contributed by atoms with Gasteiger partial charge in [-0.05, 0) is 31.9 Å². The number of nitrogens with zero attached hydrogens (tertiary/aromatic N) is 4. The summed E-state index contributed by atoms with van der Waals surface area (Å²) in [6.45, 7) is 3.64. The summed E-state index contributed by atoms with van der Waals surface area (Å²) in [5, 5.41) is 7.72. The first-order valence-electron chi connectivity index (χ1n) is 7.26. The van der Waals surface area contributed by atoms with Crippen molar-refractivity contribution in [2.24, 2.45) is 0 Å². The Bertz CT molecular complexity index is 586. The molecule has 0 radical (unpaired) electrons. The van der Waals surface area contributed by atoms with Gasteiger partial charge in [0.1, 0.15) is 0 Å². The van der Waals surface area contributed by atoms with E-state index in [-0.39, 0.29) is 12.1 Å². The number of carbonyl (C=O) groups is 1. The molecular formula is C14H19N5O2. The van der Waals surface area contributed by atoms with E-state index in [0.29, 0.717) is 25.6 Å². The molecule has 3 rings (SSSR count). The van der Waals surface area contributed by atoms with Crippen molar-refractivity contribution in [3.8, 4) is 0 Å². The lowest BCUT2D eigenvalue weighted by molar-refractivity contribution is 0.0983. The minimum absolute atomic E-state index is 0.221. The first-order chi connectivity index (χ1) is 10.3. The summed E-state index contributed by atoms with van der Waals surface area (Å²) in [7, 11) is 0. The Morgan fingerprint density at radius 3 is 2.95 bits per heavy atom. The Balaban J connectivity index is 1.56. The number of anilines is 1. The fraction of sp³-hybridized carbons (Fsp3) is 0.500. The van der Waals surface area contributed by atoms with E-state index in [1.165, 1.54) is 0 Å². The fourth-order valence-electron chi connectivity index (χ4n) is 2.50. The third kappa shape index (κ3) is 3.07. The maximum atomic E-state index is 11.6. The molecule has 7 heteroatoms. The lowest BCUT2D eigenvalue weighted by Gasteiger charge is -2.31. The standard InChI is InChI=1S/C14H19N5O2/c1-2-21-14(20)18-9-6-11(7-10-18)15-13-16-12-5-3-4-8-19(12)17-13/h3-5,8,11H,2,6-7,9-10H2,1H3,(H,15,17). The first-order valence-corrected chi connectivity index (χ1v) is 7.26. The Kier molecular flexibility index (Phi) is 3.89. The van der Waals surface area contributed by atoms with Crippen molar-refractivity contribution < 1.29 is 9.53 Å². The third-order valence-corrected chi connectivity index (χ3v) is 3.60. The van der Waals surface area contributed by atoms with Gasteiger partial charge < -0.3 is 15.0 Å². The predicted octanol–water partition coefficient (Wildman–Crippen LogP) is 1.76. The number of rotatable bonds is 3. The number of likely N-dealkylation sites (tertiary alicyclic amines) is 1. The van der Waals surface area contributed by atoms with Gasteiger partial charge in [-0.1, -0.05) is 6.07 Å². The zero-order valence-corrected chi connectivity index (χ0v) is 12.0. The normalized spacial score (nSPS) is 16.1. The van der Waals surface area contributed by atoms with Gasteiger partial charge in [-0.15, -0.1) is 5.10 Å². The van der Waals surface area contributed by atoms with Crippen LogP contribution in [0.15, 0.2) is 24.4 Å². The van der Waals surface area contributed by atoms with Crippen molar-refractivity contribution in [1.29, 1.82) is 0 Å². The van der Waals surface area contributed by atoms with Crippen LogP contribution < -0.4 is 5.32 Å². The molecule has 1 aliphatic heterocycles. The zero-order chi connectivity index (χ0) is 14.7. The number of ether oxygens (including phenoxy) is 1. The van der Waals surface area contributed by atoms with Crippen LogP contribution in [0.1, 0.15) is 19.8 Å². The number of fused-ring (bicyclic) bond motifs is 1. The second-order valence-corrected chi connectivity index (χ2v) is 5.04. The summed E-state index contributed by atoms with van der Waals surface area (Å²) in [4.78, 5) is 17.8. The number of piperidine rings is 1. The number of pyridine rings is 1. The van der Waals surface area contributed by atoms with Gasteiger partial charge in [0.2, 0.25) is 5.95 Å². The van der Waals surface area contributed by atoms with Crippen LogP contribution in [0.2, 0.25) is 0 Å². The molecule has 0 atom stereocenters. The molecule has 1 aliphatic rings. The highest BCUT2D eigenvalue weighted by atomic mass is 16.6. The van der Waals surface area contributed by atoms with Crippen LogP contribution >= 0.6 is 0 Å². The van der Waals surface area contributed by atoms with Crippen molar-refractivity contribution in [3.05, 3.63) is 24.4 Å². The second kappa shape index (κ2) is 5.99. The second-order valence-electron chi connectivity index (χ2n) is 5.04. The molecule has 0 saturated carbocycles. The van der Waals surface area contributed by atoms with Gasteiger partial charge in [0.25, 0.3) is 0 Å². The number of hydrogen-bond donors (Lipinski definition) is 1. The van der Waals surface area contributed by atoms with Crippen LogP contribution in [-0.2, 0) is 4.74 Å². The lowest BCUT2D eigenvalue weighted by atomic mass is 10.1. The molecule has 21 heavy (non-hydrogen) atoms. The highest BCUT2D eigenvalue weighted by Crippen LogP contribution is 2.15. The van der Waals surface area contributed by atoms with Crippen molar-refractivity contribution in [3.63, 3.8) is 0 Å². The SMILES string of the molecule is CCOC(=O)N1CCC(Nc2nc3ccccn3n2)CC1. The molecule has 1 saturated heterocycles. The monoisotopic (exact) mass is 289 g/mol. The van der Waals surface area contributed by atoms with Crippen LogP contribution in [0.25, 0.3) is 5.65 Å². The molecule has 0 aromatic carbocycles. The maximum absolute atomic E-state index is 11.6. The summed E-state index contributed by atoms with van der Waals surface area (Å²) in [5.41, 5.74) is 0.823. The van der Waals surface area contributed by atoms with E-state index in [1.807, 2.05) is 31.3 Å². The summed E-state index contributed by atoms with van der Waals surface area (Å²) < 4.78 is 6.76. The van der Waals surface area contributed by atoms with Gasteiger partial charge in [0.05, 0.1) is 6.61 Å². The molecule has 1 amide bonds. The maximum Gasteiger partial charge on any atom is 0.409 e. The number of amides is 1. The molecule has 0 spiro atoms. The van der Waals surface area contributed by atoms with E-state index in [4.69, 9.17) is 4.74 Å². The highest BCUT2D eigenvalue weighted by Gasteiger charge is 2.24. The van der Waals surface area contributed by atoms with Gasteiger partial charge >= 0.3 is 6.09 Å². The predicted molar refractivity (Wildman–Crippen MR) is 78.2 cm³/mol. The van der Waals surface area contributed by atoms with Crippen LogP contribution in [0.3, 0.4) is 0 Å². The number of carbonyl (C=O) groups excluding carboxylic acids is 1. The number of aromatic nitrogens is 3. The van der Waals surface area contributed by atoms with Crippen molar-refractivity contribution >= 4 is 17.7 Å². The Hall–Kier alpha value is -2.31. The molecule has 1 fully saturated rings. The van der Waals surface area contributed by atoms with E-state index in [0.717, 1.165) is 18.5 Å². The van der Waals surface area contributed by atoms with Crippen molar-refractivity contribution in [2.75, 3.05) is 25.0 Å². The topological polar surface area (TPSA) is 71.8 Å². The van der Waals surface area contributed by atoms with Crippen LogP contribution in [0, 0.1) is 0 Å². The summed E-state index contributed by atoms with van der Waals surface area (Å²) in [6, 6.07) is 6.06. The average molecular weight is 289 g/mol. The number of nitrogens with one attached hydrogen (secondary N) is 1. The van der Waals surface area contributed by atoms with E-state index in [2.05, 4.69) is 15.4 Å². The fourth-order valence-corrected chi connectivity index (χ4v) is 2.50. The molecular weight excluding hydrogens is 270 g/mol. The largest absolute Gasteiger partial charge is 0.450 e. The molecule has 0 unspecified atom stereocenters. The molecule has 7 nitrogen and oxygen atoms in total. The quantitative estimate of drug-likeness (QED) is 0.932. The Morgan fingerprint density at radius 2 is 2.24 bits per heavy atom. The molecule has 2 aromatic rings. The summed E-state index contributed by atoms with van der Waals surface area (Å²) >= 11 is 0. The minimum Gasteiger partial charge on any atom is -0.450 e. The smallest absolute Gasteiger partial charge is 0.409 e. The van der Waals surface area contributed by atoms with Gasteiger partial charge in [-0.3, -0.25) is 0 Å². The first kappa shape index (κ1) is 13.7. The molecule has 112 valence electrons. The number of hydrogen-bond acceptors (Lipinski definition) is 5. The molecule has 2 aromatic heterocycles. The van der Waals surface area contributed by atoms with E-state index in [9.17, 15) is 4.79 Å². The van der Waals surface area contributed by atoms with E-state index in [1.54, 1.807) is 9.42 Å². The van der Waals surface area contributed by atoms with Gasteiger partial charge in [-0.2, -0.15) is 4.98 Å². The van der Waals surface area contributed by atoms with Gasteiger partial charge in [0.15, 0.2) is 5.65 Å². The minimum atomic E-state index is -0.221. The van der Waals surface area contributed by atoms with Crippen molar-refractivity contribution in [1.82, 2.24) is 19.5 Å². The van der Waals surface area contributed by atoms with E-state index < -0.39 is 0 Å². The van der Waals surface area contributed by atoms with Gasteiger partial charge in [-0.25, -0.2) is 9.31 Å². The Labute approximate surface area is 122 Å². The third-order valence-electron chi connectivity index (χ3n) is 3.60. The van der Waals surface area contributed by atoms with Crippen molar-refractivity contribution in [2.45, 2.75) is 25.8 Å². The lowest BCUT2D eigenvalue weighted by Crippen LogP contribution is -2.42. The summed E-state index contributed by atoms with van der Waals surface area (Å²) in [6.07, 6.45) is 3.39. The van der Waals surface area contributed by atoms with Crippen LogP contribution in [0.4, 0.5) is 10.7 Å². The van der Waals surface area contributed by atoms with Crippen LogP contribution in [0.5, 0.6) is 0 Å². The Morgan fingerprint density at radius 1 is 1.43 bits per heavy atom.